The molecule has 0 bridgehead atoms. The summed E-state index contributed by atoms with van der Waals surface area (Å²) in [5.41, 5.74) is 1.43. The van der Waals surface area contributed by atoms with Crippen LogP contribution < -0.4 is 0 Å². The van der Waals surface area contributed by atoms with E-state index in [1.807, 2.05) is 23.5 Å². The average molecular weight is 280 g/mol. The Morgan fingerprint density at radius 3 is 2.16 bits per heavy atom. The molecule has 0 saturated heterocycles. The van der Waals surface area contributed by atoms with E-state index < -0.39 is 0 Å². The number of allylic oxidation sites excluding steroid dienone is 4. The van der Waals surface area contributed by atoms with Gasteiger partial charge in [-0.15, -0.1) is 0 Å². The van der Waals surface area contributed by atoms with Gasteiger partial charge in [-0.25, -0.2) is 0 Å². The normalized spacial score (nSPS) is 16.4. The summed E-state index contributed by atoms with van der Waals surface area (Å²) in [4.78, 5) is 5.55. The zero-order valence-corrected chi connectivity index (χ0v) is 11.9. The molecule has 0 spiro atoms. The second kappa shape index (κ2) is 4.62. The van der Waals surface area contributed by atoms with Crippen LogP contribution >= 0.6 is 23.5 Å². The molecule has 1 aliphatic heterocycles. The van der Waals surface area contributed by atoms with Crippen molar-refractivity contribution in [2.45, 2.75) is 25.5 Å². The van der Waals surface area contributed by atoms with E-state index in [0.29, 0.717) is 5.92 Å². The summed E-state index contributed by atoms with van der Waals surface area (Å²) in [6, 6.07) is 15.3. The maximum Gasteiger partial charge on any atom is 0.0303 e. The Morgan fingerprint density at radius 1 is 0.684 bits per heavy atom. The molecule has 2 heteroatoms. The van der Waals surface area contributed by atoms with E-state index in [1.165, 1.54) is 25.1 Å². The summed E-state index contributed by atoms with van der Waals surface area (Å²) in [6.45, 7) is 0. The van der Waals surface area contributed by atoms with Crippen LogP contribution in [0.3, 0.4) is 0 Å². The minimum atomic E-state index is 0.438. The molecule has 0 unspecified atom stereocenters. The second-order valence-electron chi connectivity index (χ2n) is 4.62. The fraction of sp³-hybridized carbons (Fsp3) is 0.0588. The van der Waals surface area contributed by atoms with Crippen LogP contribution in [0.2, 0.25) is 0 Å². The Morgan fingerprint density at radius 2 is 1.37 bits per heavy atom. The Labute approximate surface area is 121 Å². The highest BCUT2D eigenvalue weighted by atomic mass is 32.2. The lowest BCUT2D eigenvalue weighted by molar-refractivity contribution is 1.000. The van der Waals surface area contributed by atoms with Crippen LogP contribution in [0.1, 0.15) is 11.5 Å². The standard InChI is InChI=1S/C17H12S2/c1-2-7-12(6-1)13-8-5-11-16-17(13)19-15-10-4-3-9-14(15)18-16/h1-12H. The largest absolute Gasteiger partial charge is 0.0877 e. The maximum absolute atomic E-state index is 2.27. The molecular formula is C17H12S2. The molecule has 0 fully saturated rings. The van der Waals surface area contributed by atoms with E-state index in [4.69, 9.17) is 0 Å². The summed E-state index contributed by atoms with van der Waals surface area (Å²) in [5, 5.41) is 0. The van der Waals surface area contributed by atoms with E-state index in [-0.39, 0.29) is 0 Å². The monoisotopic (exact) mass is 280 g/mol. The van der Waals surface area contributed by atoms with Gasteiger partial charge in [-0.3, -0.25) is 0 Å². The van der Waals surface area contributed by atoms with Gasteiger partial charge in [-0.1, -0.05) is 72.1 Å². The first-order valence-electron chi connectivity index (χ1n) is 6.34. The van der Waals surface area contributed by atoms with Crippen LogP contribution in [0.15, 0.2) is 86.4 Å². The number of hydrogen-bond donors (Lipinski definition) is 0. The molecule has 4 rings (SSSR count). The van der Waals surface area contributed by atoms with E-state index in [1.54, 1.807) is 0 Å². The molecular weight excluding hydrogens is 268 g/mol. The van der Waals surface area contributed by atoms with Gasteiger partial charge < -0.3 is 0 Å². The summed E-state index contributed by atoms with van der Waals surface area (Å²) >= 11 is 3.79. The third-order valence-corrected chi connectivity index (χ3v) is 6.03. The number of rotatable bonds is 1. The lowest BCUT2D eigenvalue weighted by Gasteiger charge is -2.22. The molecule has 0 saturated carbocycles. The molecule has 2 aliphatic rings. The zero-order valence-electron chi connectivity index (χ0n) is 10.2. The van der Waals surface area contributed by atoms with E-state index in [9.17, 15) is 0 Å². The molecule has 0 atom stereocenters. The molecule has 2 aromatic rings. The third kappa shape index (κ3) is 1.96. The van der Waals surface area contributed by atoms with Gasteiger partial charge in [0, 0.05) is 25.5 Å². The van der Waals surface area contributed by atoms with Crippen LogP contribution in [0, 0.1) is 0 Å². The second-order valence-corrected chi connectivity index (χ2v) is 6.76. The minimum absolute atomic E-state index is 0.438. The summed E-state index contributed by atoms with van der Waals surface area (Å²) in [5.74, 6) is 0.438. The molecule has 0 nitrogen and oxygen atoms in total. The Balaban J connectivity index is 1.83. The van der Waals surface area contributed by atoms with Gasteiger partial charge in [0.15, 0.2) is 0 Å². The van der Waals surface area contributed by atoms with Crippen molar-refractivity contribution in [1.29, 1.82) is 0 Å². The smallest absolute Gasteiger partial charge is 0.0303 e. The number of hydrogen-bond acceptors (Lipinski definition) is 2. The van der Waals surface area contributed by atoms with Crippen molar-refractivity contribution in [3.05, 3.63) is 72.3 Å². The fourth-order valence-corrected chi connectivity index (χ4v) is 4.91. The summed E-state index contributed by atoms with van der Waals surface area (Å²) < 4.78 is 0. The lowest BCUT2D eigenvalue weighted by atomic mass is 10.0. The minimum Gasteiger partial charge on any atom is -0.0877 e. The van der Waals surface area contributed by atoms with Gasteiger partial charge in [0.1, 0.15) is 0 Å². The van der Waals surface area contributed by atoms with Crippen molar-refractivity contribution in [3.63, 3.8) is 0 Å². The molecule has 2 aromatic carbocycles. The third-order valence-electron chi connectivity index (χ3n) is 3.40. The van der Waals surface area contributed by atoms with Crippen LogP contribution in [0.4, 0.5) is 0 Å². The number of fused-ring (bicyclic) bond motifs is 2. The van der Waals surface area contributed by atoms with Crippen LogP contribution in [-0.4, -0.2) is 0 Å². The molecule has 92 valence electrons. The molecule has 0 radical (unpaired) electrons. The van der Waals surface area contributed by atoms with Crippen LogP contribution in [-0.2, 0) is 0 Å². The predicted molar refractivity (Wildman–Crippen MR) is 82.2 cm³/mol. The highest BCUT2D eigenvalue weighted by Gasteiger charge is 2.21. The van der Waals surface area contributed by atoms with Crippen molar-refractivity contribution in [3.8, 4) is 0 Å². The molecule has 1 heterocycles. The molecule has 1 aliphatic carbocycles. The molecule has 0 amide bonds. The van der Waals surface area contributed by atoms with Gasteiger partial charge in [-0.05, 0) is 23.8 Å². The Kier molecular flexibility index (Phi) is 2.78. The zero-order chi connectivity index (χ0) is 12.7. The lowest BCUT2D eigenvalue weighted by Crippen LogP contribution is -1.97. The summed E-state index contributed by atoms with van der Waals surface area (Å²) in [7, 11) is 0. The first kappa shape index (κ1) is 11.4. The predicted octanol–water partition coefficient (Wildman–Crippen LogP) is 5.51. The highest BCUT2D eigenvalue weighted by Crippen LogP contribution is 2.51. The van der Waals surface area contributed by atoms with Crippen molar-refractivity contribution in [2.24, 2.45) is 0 Å². The average Bonchev–Trinajstić information content (AvgIpc) is 2.98. The Hall–Kier alpha value is -1.38. The SMILES string of the molecule is C1=CC(c2cccc3c2Sc2ccccc2S3)C=C1. The fourth-order valence-electron chi connectivity index (χ4n) is 2.47. The van der Waals surface area contributed by atoms with Crippen LogP contribution in [0.5, 0.6) is 0 Å². The number of benzene rings is 2. The van der Waals surface area contributed by atoms with Crippen molar-refractivity contribution in [2.75, 3.05) is 0 Å². The van der Waals surface area contributed by atoms with E-state index in [0.717, 1.165) is 0 Å². The van der Waals surface area contributed by atoms with Gasteiger partial charge in [0.25, 0.3) is 0 Å². The van der Waals surface area contributed by atoms with E-state index >= 15 is 0 Å². The van der Waals surface area contributed by atoms with E-state index in [2.05, 4.69) is 66.8 Å². The first-order valence-corrected chi connectivity index (χ1v) is 7.98. The van der Waals surface area contributed by atoms with Gasteiger partial charge in [0.2, 0.25) is 0 Å². The molecule has 0 aromatic heterocycles. The maximum atomic E-state index is 2.27. The Bertz CT molecular complexity index is 686. The molecule has 0 N–H and O–H groups in total. The highest BCUT2D eigenvalue weighted by molar-refractivity contribution is 8.05. The quantitative estimate of drug-likeness (QED) is 0.576. The van der Waals surface area contributed by atoms with Gasteiger partial charge >= 0.3 is 0 Å². The van der Waals surface area contributed by atoms with Gasteiger partial charge in [0.05, 0.1) is 0 Å². The van der Waals surface area contributed by atoms with Crippen LogP contribution in [0.25, 0.3) is 0 Å². The first-order chi connectivity index (χ1) is 9.42. The van der Waals surface area contributed by atoms with Crippen molar-refractivity contribution >= 4 is 23.5 Å². The van der Waals surface area contributed by atoms with Crippen molar-refractivity contribution in [1.82, 2.24) is 0 Å². The topological polar surface area (TPSA) is 0 Å². The summed E-state index contributed by atoms with van der Waals surface area (Å²) in [6.07, 6.45) is 8.81. The molecule has 19 heavy (non-hydrogen) atoms. The van der Waals surface area contributed by atoms with Gasteiger partial charge in [-0.2, -0.15) is 0 Å². The van der Waals surface area contributed by atoms with Crippen molar-refractivity contribution < 1.29 is 0 Å².